The van der Waals surface area contributed by atoms with Gasteiger partial charge in [0.15, 0.2) is 5.65 Å². The summed E-state index contributed by atoms with van der Waals surface area (Å²) < 4.78 is 7.28. The van der Waals surface area contributed by atoms with Crippen LogP contribution in [0.5, 0.6) is 5.75 Å². The Morgan fingerprint density at radius 1 is 0.816 bits per heavy atom. The smallest absolute Gasteiger partial charge is 0.272 e. The van der Waals surface area contributed by atoms with E-state index in [1.165, 1.54) is 11.3 Å². The minimum Gasteiger partial charge on any atom is -0.497 e. The molecule has 3 aromatic carbocycles. The third-order valence-electron chi connectivity index (χ3n) is 7.10. The summed E-state index contributed by atoms with van der Waals surface area (Å²) in [6, 6.07) is 30.0. The Balaban J connectivity index is 1.36. The van der Waals surface area contributed by atoms with Crippen molar-refractivity contribution in [3.63, 3.8) is 0 Å². The summed E-state index contributed by atoms with van der Waals surface area (Å²) in [6.45, 7) is 4.98. The predicted molar refractivity (Wildman–Crippen MR) is 150 cm³/mol. The number of nitrogens with zero attached hydrogens (tertiary/aromatic N) is 5. The number of aromatic nitrogens is 3. The largest absolute Gasteiger partial charge is 0.497 e. The molecule has 38 heavy (non-hydrogen) atoms. The van der Waals surface area contributed by atoms with Crippen molar-refractivity contribution < 1.29 is 9.53 Å². The molecule has 0 unspecified atom stereocenters. The first-order valence-corrected chi connectivity index (χ1v) is 12.8. The molecule has 1 saturated heterocycles. The highest BCUT2D eigenvalue weighted by Crippen LogP contribution is 2.28. The molecule has 0 radical (unpaired) electrons. The van der Waals surface area contributed by atoms with Crippen LogP contribution in [0.1, 0.15) is 16.1 Å². The van der Waals surface area contributed by atoms with Crippen LogP contribution in [-0.4, -0.2) is 58.7 Å². The van der Waals surface area contributed by atoms with E-state index in [0.717, 1.165) is 41.4 Å². The van der Waals surface area contributed by atoms with Gasteiger partial charge in [0.05, 0.1) is 18.5 Å². The number of para-hydroxylation sites is 1. The SMILES string of the molecule is COc1cccc(-c2cc(C(=O)N3CCN(c4ccccc4C)CC3)nc3cc(-c4ccccc4)nn23)c1. The van der Waals surface area contributed by atoms with Crippen molar-refractivity contribution in [2.24, 2.45) is 0 Å². The van der Waals surface area contributed by atoms with Gasteiger partial charge in [0.2, 0.25) is 0 Å². The molecule has 1 aliphatic rings. The molecule has 0 N–H and O–H groups in total. The van der Waals surface area contributed by atoms with Crippen LogP contribution in [0.3, 0.4) is 0 Å². The molecule has 1 amide bonds. The van der Waals surface area contributed by atoms with Crippen LogP contribution in [-0.2, 0) is 0 Å². The maximum absolute atomic E-state index is 13.7. The van der Waals surface area contributed by atoms with Gasteiger partial charge < -0.3 is 14.5 Å². The van der Waals surface area contributed by atoms with E-state index in [1.807, 2.05) is 76.1 Å². The Kier molecular flexibility index (Phi) is 6.25. The zero-order valence-corrected chi connectivity index (χ0v) is 21.5. The topological polar surface area (TPSA) is 63.0 Å². The fraction of sp³-hybridized carbons (Fsp3) is 0.194. The fourth-order valence-corrected chi connectivity index (χ4v) is 5.05. The normalized spacial score (nSPS) is 13.6. The van der Waals surface area contributed by atoms with E-state index in [-0.39, 0.29) is 5.91 Å². The zero-order chi connectivity index (χ0) is 26.1. The van der Waals surface area contributed by atoms with Crippen molar-refractivity contribution in [2.75, 3.05) is 38.2 Å². The van der Waals surface area contributed by atoms with Crippen molar-refractivity contribution >= 4 is 17.2 Å². The number of carbonyl (C=O) groups excluding carboxylic acids is 1. The monoisotopic (exact) mass is 503 g/mol. The van der Waals surface area contributed by atoms with Crippen molar-refractivity contribution in [3.05, 3.63) is 102 Å². The van der Waals surface area contributed by atoms with Gasteiger partial charge in [-0.25, -0.2) is 9.50 Å². The first kappa shape index (κ1) is 23.7. The Hall–Kier alpha value is -4.65. The molecule has 1 aliphatic heterocycles. The number of amides is 1. The molecular formula is C31H29N5O2. The predicted octanol–water partition coefficient (Wildman–Crippen LogP) is 5.34. The van der Waals surface area contributed by atoms with E-state index >= 15 is 0 Å². The number of ether oxygens (including phenoxy) is 1. The average Bonchev–Trinajstić information content (AvgIpc) is 3.42. The van der Waals surface area contributed by atoms with Crippen LogP contribution in [0.25, 0.3) is 28.2 Å². The Labute approximate surface area is 221 Å². The molecule has 0 spiro atoms. The molecule has 5 aromatic rings. The quantitative estimate of drug-likeness (QED) is 0.324. The summed E-state index contributed by atoms with van der Waals surface area (Å²) in [5, 5.41) is 4.86. The minimum absolute atomic E-state index is 0.0662. The molecule has 0 atom stereocenters. The number of piperazine rings is 1. The van der Waals surface area contributed by atoms with Crippen molar-refractivity contribution in [1.82, 2.24) is 19.5 Å². The summed E-state index contributed by atoms with van der Waals surface area (Å²) in [5.41, 5.74) is 7.01. The van der Waals surface area contributed by atoms with Gasteiger partial charge in [-0.2, -0.15) is 5.10 Å². The lowest BCUT2D eigenvalue weighted by molar-refractivity contribution is 0.0741. The number of hydrogen-bond acceptors (Lipinski definition) is 5. The first-order valence-electron chi connectivity index (χ1n) is 12.8. The van der Waals surface area contributed by atoms with Gasteiger partial charge in [0, 0.05) is 49.1 Å². The second-order valence-corrected chi connectivity index (χ2v) is 9.49. The Morgan fingerprint density at radius 3 is 2.32 bits per heavy atom. The van der Waals surface area contributed by atoms with Gasteiger partial charge in [-0.3, -0.25) is 4.79 Å². The van der Waals surface area contributed by atoms with E-state index in [2.05, 4.69) is 36.1 Å². The molecule has 190 valence electrons. The maximum Gasteiger partial charge on any atom is 0.272 e. The van der Waals surface area contributed by atoms with E-state index in [0.29, 0.717) is 24.4 Å². The van der Waals surface area contributed by atoms with Gasteiger partial charge in [-0.1, -0.05) is 60.7 Å². The van der Waals surface area contributed by atoms with Crippen molar-refractivity contribution in [3.8, 4) is 28.3 Å². The molecule has 2 aromatic heterocycles. The fourth-order valence-electron chi connectivity index (χ4n) is 5.05. The molecule has 3 heterocycles. The second-order valence-electron chi connectivity index (χ2n) is 9.49. The molecule has 7 heteroatoms. The van der Waals surface area contributed by atoms with E-state index < -0.39 is 0 Å². The average molecular weight is 504 g/mol. The zero-order valence-electron chi connectivity index (χ0n) is 21.5. The summed E-state index contributed by atoms with van der Waals surface area (Å²) in [6.07, 6.45) is 0. The van der Waals surface area contributed by atoms with Crippen LogP contribution in [0, 0.1) is 6.92 Å². The minimum atomic E-state index is -0.0662. The van der Waals surface area contributed by atoms with Gasteiger partial charge in [-0.05, 0) is 36.8 Å². The van der Waals surface area contributed by atoms with E-state index in [1.54, 1.807) is 7.11 Å². The molecule has 0 aliphatic carbocycles. The van der Waals surface area contributed by atoms with Crippen molar-refractivity contribution in [2.45, 2.75) is 6.92 Å². The van der Waals surface area contributed by atoms with Gasteiger partial charge in [0.25, 0.3) is 5.91 Å². The first-order chi connectivity index (χ1) is 18.6. The van der Waals surface area contributed by atoms with Crippen LogP contribution < -0.4 is 9.64 Å². The number of aryl methyl sites for hydroxylation is 1. The number of carbonyl (C=O) groups is 1. The standard InChI is InChI=1S/C31H29N5O2/c1-22-9-6-7-14-28(22)34-15-17-35(18-16-34)31(37)27-20-29(24-12-8-13-25(19-24)38-2)36-30(32-27)21-26(33-36)23-10-4-3-5-11-23/h3-14,19-21H,15-18H2,1-2H3. The lowest BCUT2D eigenvalue weighted by atomic mass is 10.1. The molecular weight excluding hydrogens is 474 g/mol. The van der Waals surface area contributed by atoms with E-state index in [9.17, 15) is 4.79 Å². The van der Waals surface area contributed by atoms with E-state index in [4.69, 9.17) is 14.8 Å². The third kappa shape index (κ3) is 4.47. The maximum atomic E-state index is 13.7. The van der Waals surface area contributed by atoms with Crippen LogP contribution >= 0.6 is 0 Å². The highest BCUT2D eigenvalue weighted by Gasteiger charge is 2.25. The van der Waals surface area contributed by atoms with Gasteiger partial charge >= 0.3 is 0 Å². The van der Waals surface area contributed by atoms with Crippen molar-refractivity contribution in [1.29, 1.82) is 0 Å². The molecule has 6 rings (SSSR count). The third-order valence-corrected chi connectivity index (χ3v) is 7.10. The van der Waals surface area contributed by atoms with Crippen LogP contribution in [0.2, 0.25) is 0 Å². The number of fused-ring (bicyclic) bond motifs is 1. The Morgan fingerprint density at radius 2 is 1.55 bits per heavy atom. The summed E-state index contributed by atoms with van der Waals surface area (Å²) in [5.74, 6) is 0.673. The lowest BCUT2D eigenvalue weighted by Crippen LogP contribution is -2.49. The number of rotatable bonds is 5. The highest BCUT2D eigenvalue weighted by molar-refractivity contribution is 5.94. The van der Waals surface area contributed by atoms with Crippen LogP contribution in [0.15, 0.2) is 91.0 Å². The second kappa shape index (κ2) is 10.0. The number of benzene rings is 3. The Bertz CT molecular complexity index is 1600. The molecule has 0 saturated carbocycles. The summed E-state index contributed by atoms with van der Waals surface area (Å²) in [4.78, 5) is 22.8. The van der Waals surface area contributed by atoms with Crippen LogP contribution in [0.4, 0.5) is 5.69 Å². The van der Waals surface area contributed by atoms with Gasteiger partial charge in [0.1, 0.15) is 11.4 Å². The van der Waals surface area contributed by atoms with Gasteiger partial charge in [-0.15, -0.1) is 0 Å². The molecule has 1 fully saturated rings. The summed E-state index contributed by atoms with van der Waals surface area (Å²) in [7, 11) is 1.65. The molecule has 0 bridgehead atoms. The number of anilines is 1. The lowest BCUT2D eigenvalue weighted by Gasteiger charge is -2.36. The number of hydrogen-bond donors (Lipinski definition) is 0. The number of methoxy groups -OCH3 is 1. The molecule has 7 nitrogen and oxygen atoms in total. The highest BCUT2D eigenvalue weighted by atomic mass is 16.5. The summed E-state index contributed by atoms with van der Waals surface area (Å²) >= 11 is 0.